The quantitative estimate of drug-likeness (QED) is 0.763. The molecule has 26 heavy (non-hydrogen) atoms. The van der Waals surface area contributed by atoms with E-state index >= 15 is 0 Å². The van der Waals surface area contributed by atoms with E-state index < -0.39 is 0 Å². The zero-order chi connectivity index (χ0) is 18.8. The van der Waals surface area contributed by atoms with Crippen molar-refractivity contribution in [3.8, 4) is 0 Å². The third kappa shape index (κ3) is 3.57. The molecule has 1 saturated heterocycles. The summed E-state index contributed by atoms with van der Waals surface area (Å²) in [7, 11) is 0. The monoisotopic (exact) mass is 390 g/mol. The number of piperazine rings is 1. The molecule has 0 bridgehead atoms. The van der Waals surface area contributed by atoms with Crippen LogP contribution in [0.2, 0.25) is 10.0 Å². The lowest BCUT2D eigenvalue weighted by molar-refractivity contribution is 0.0270. The topological polar surface area (TPSA) is 40.6 Å². The van der Waals surface area contributed by atoms with Crippen molar-refractivity contribution in [2.24, 2.45) is 0 Å². The van der Waals surface area contributed by atoms with Crippen molar-refractivity contribution < 1.29 is 9.59 Å². The van der Waals surface area contributed by atoms with Crippen molar-refractivity contribution in [1.29, 1.82) is 0 Å². The van der Waals surface area contributed by atoms with Gasteiger partial charge in [-0.2, -0.15) is 0 Å². The van der Waals surface area contributed by atoms with Crippen LogP contribution < -0.4 is 0 Å². The number of carbonyl (C=O) groups is 2. The first-order valence-corrected chi connectivity index (χ1v) is 9.26. The highest BCUT2D eigenvalue weighted by Crippen LogP contribution is 2.25. The summed E-state index contributed by atoms with van der Waals surface area (Å²) in [6.07, 6.45) is 0. The van der Waals surface area contributed by atoms with E-state index in [2.05, 4.69) is 0 Å². The lowest BCUT2D eigenvalue weighted by Crippen LogP contribution is -2.59. The Kier molecular flexibility index (Phi) is 5.54. The Balaban J connectivity index is 1.79. The Hall–Kier alpha value is -2.04. The highest BCUT2D eigenvalue weighted by atomic mass is 35.5. The van der Waals surface area contributed by atoms with Gasteiger partial charge in [-0.25, -0.2) is 0 Å². The summed E-state index contributed by atoms with van der Waals surface area (Å²) in [5.41, 5.74) is 0.971. The number of hydrogen-bond acceptors (Lipinski definition) is 2. The Morgan fingerprint density at radius 2 is 1.12 bits per heavy atom. The zero-order valence-electron chi connectivity index (χ0n) is 14.7. The van der Waals surface area contributed by atoms with Gasteiger partial charge in [-0.3, -0.25) is 9.59 Å². The fourth-order valence-corrected chi connectivity index (χ4v) is 3.70. The molecule has 6 heteroatoms. The summed E-state index contributed by atoms with van der Waals surface area (Å²) in [6.45, 7) is 4.77. The van der Waals surface area contributed by atoms with Crippen LogP contribution in [0.5, 0.6) is 0 Å². The first kappa shape index (κ1) is 18.7. The molecular weight excluding hydrogens is 371 g/mol. The Bertz CT molecular complexity index is 771. The molecule has 2 amide bonds. The van der Waals surface area contributed by atoms with Gasteiger partial charge in [0.15, 0.2) is 0 Å². The second kappa shape index (κ2) is 7.68. The first-order chi connectivity index (χ1) is 12.4. The fourth-order valence-electron chi connectivity index (χ4n) is 3.27. The minimum absolute atomic E-state index is 0.111. The molecule has 0 aromatic heterocycles. The third-order valence-corrected chi connectivity index (χ3v) is 5.38. The van der Waals surface area contributed by atoms with E-state index in [1.165, 1.54) is 0 Å². The van der Waals surface area contributed by atoms with Crippen molar-refractivity contribution in [3.05, 3.63) is 69.7 Å². The number of rotatable bonds is 2. The molecule has 0 saturated carbocycles. The van der Waals surface area contributed by atoms with E-state index in [1.807, 2.05) is 13.8 Å². The van der Waals surface area contributed by atoms with Gasteiger partial charge >= 0.3 is 0 Å². The average molecular weight is 391 g/mol. The molecule has 136 valence electrons. The van der Waals surface area contributed by atoms with Crippen molar-refractivity contribution in [3.63, 3.8) is 0 Å². The molecule has 4 nitrogen and oxygen atoms in total. The van der Waals surface area contributed by atoms with Crippen LogP contribution in [0.4, 0.5) is 0 Å². The Labute approximate surface area is 163 Å². The molecule has 2 atom stereocenters. The summed E-state index contributed by atoms with van der Waals surface area (Å²) in [5, 5.41) is 0.874. The maximum atomic E-state index is 12.9. The second-order valence-electron chi connectivity index (χ2n) is 6.57. The molecule has 0 N–H and O–H groups in total. The molecule has 1 fully saturated rings. The maximum absolute atomic E-state index is 12.9. The molecule has 3 rings (SSSR count). The van der Waals surface area contributed by atoms with Gasteiger partial charge in [-0.05, 0) is 38.1 Å². The van der Waals surface area contributed by atoms with Gasteiger partial charge < -0.3 is 9.80 Å². The molecule has 0 spiro atoms. The Morgan fingerprint density at radius 3 is 1.46 bits per heavy atom. The van der Waals surface area contributed by atoms with Gasteiger partial charge in [0.25, 0.3) is 11.8 Å². The van der Waals surface area contributed by atoms with Gasteiger partial charge in [0.05, 0.1) is 21.2 Å². The number of halogens is 2. The van der Waals surface area contributed by atoms with Crippen molar-refractivity contribution >= 4 is 35.0 Å². The van der Waals surface area contributed by atoms with Gasteiger partial charge in [0.1, 0.15) is 0 Å². The number of amides is 2. The van der Waals surface area contributed by atoms with Crippen molar-refractivity contribution in [2.45, 2.75) is 25.9 Å². The van der Waals surface area contributed by atoms with E-state index in [4.69, 9.17) is 23.2 Å². The first-order valence-electron chi connectivity index (χ1n) is 8.51. The molecule has 1 aliphatic rings. The van der Waals surface area contributed by atoms with Crippen LogP contribution in [0.3, 0.4) is 0 Å². The molecule has 2 aromatic rings. The van der Waals surface area contributed by atoms with E-state index in [-0.39, 0.29) is 23.9 Å². The molecular formula is C20H20Cl2N2O2. The number of hydrogen-bond donors (Lipinski definition) is 0. The molecule has 1 aliphatic heterocycles. The van der Waals surface area contributed by atoms with Crippen LogP contribution in [0.1, 0.15) is 34.6 Å². The summed E-state index contributed by atoms with van der Waals surface area (Å²) < 4.78 is 0. The predicted molar refractivity (Wildman–Crippen MR) is 104 cm³/mol. The van der Waals surface area contributed by atoms with Gasteiger partial charge in [-0.15, -0.1) is 0 Å². The van der Waals surface area contributed by atoms with E-state index in [0.29, 0.717) is 34.3 Å². The van der Waals surface area contributed by atoms with Gasteiger partial charge in [0, 0.05) is 25.2 Å². The number of benzene rings is 2. The van der Waals surface area contributed by atoms with Crippen LogP contribution in [0, 0.1) is 0 Å². The second-order valence-corrected chi connectivity index (χ2v) is 7.39. The van der Waals surface area contributed by atoms with E-state index in [9.17, 15) is 9.59 Å². The SMILES string of the molecule is CC1CN(C(=O)c2ccccc2Cl)C(C)CN1C(=O)c1ccccc1Cl. The summed E-state index contributed by atoms with van der Waals surface area (Å²) in [6, 6.07) is 13.8. The van der Waals surface area contributed by atoms with E-state index in [0.717, 1.165) is 0 Å². The van der Waals surface area contributed by atoms with E-state index in [1.54, 1.807) is 58.3 Å². The molecule has 0 aliphatic carbocycles. The molecule has 2 unspecified atom stereocenters. The molecule has 0 radical (unpaired) electrons. The third-order valence-electron chi connectivity index (χ3n) is 4.72. The summed E-state index contributed by atoms with van der Waals surface area (Å²) in [5.74, 6) is -0.223. The summed E-state index contributed by atoms with van der Waals surface area (Å²) in [4.78, 5) is 29.3. The average Bonchev–Trinajstić information content (AvgIpc) is 2.63. The number of nitrogens with zero attached hydrogens (tertiary/aromatic N) is 2. The standard InChI is InChI=1S/C20H20Cl2N2O2/c1-13-11-24(20(26)16-8-4-6-10-18(16)22)14(2)12-23(13)19(25)15-7-3-5-9-17(15)21/h3-10,13-14H,11-12H2,1-2H3. The van der Waals surface area contributed by atoms with Gasteiger partial charge in [0.2, 0.25) is 0 Å². The van der Waals surface area contributed by atoms with Gasteiger partial charge in [-0.1, -0.05) is 47.5 Å². The van der Waals surface area contributed by atoms with Crippen LogP contribution in [0.25, 0.3) is 0 Å². The molecule has 1 heterocycles. The highest BCUT2D eigenvalue weighted by Gasteiger charge is 2.35. The van der Waals surface area contributed by atoms with Crippen LogP contribution in [-0.2, 0) is 0 Å². The lowest BCUT2D eigenvalue weighted by Gasteiger charge is -2.44. The normalized spacial score (nSPS) is 20.2. The lowest BCUT2D eigenvalue weighted by atomic mass is 10.0. The minimum atomic E-state index is -0.124. The Morgan fingerprint density at radius 1 is 0.769 bits per heavy atom. The number of carbonyl (C=O) groups excluding carboxylic acids is 2. The minimum Gasteiger partial charge on any atom is -0.332 e. The fraction of sp³-hybridized carbons (Fsp3) is 0.300. The van der Waals surface area contributed by atoms with Crippen molar-refractivity contribution in [1.82, 2.24) is 9.80 Å². The molecule has 2 aromatic carbocycles. The zero-order valence-corrected chi connectivity index (χ0v) is 16.2. The maximum Gasteiger partial charge on any atom is 0.255 e. The predicted octanol–water partition coefficient (Wildman–Crippen LogP) is 4.37. The van der Waals surface area contributed by atoms with Crippen molar-refractivity contribution in [2.75, 3.05) is 13.1 Å². The highest BCUT2D eigenvalue weighted by molar-refractivity contribution is 6.34. The van der Waals surface area contributed by atoms with Crippen LogP contribution in [0.15, 0.2) is 48.5 Å². The smallest absolute Gasteiger partial charge is 0.255 e. The van der Waals surface area contributed by atoms with Crippen LogP contribution >= 0.6 is 23.2 Å². The van der Waals surface area contributed by atoms with Crippen LogP contribution in [-0.4, -0.2) is 46.8 Å². The largest absolute Gasteiger partial charge is 0.332 e. The summed E-state index contributed by atoms with van der Waals surface area (Å²) >= 11 is 12.3.